The summed E-state index contributed by atoms with van der Waals surface area (Å²) in [6.45, 7) is 2.10. The first kappa shape index (κ1) is 16.7. The van der Waals surface area contributed by atoms with Crippen molar-refractivity contribution in [3.63, 3.8) is 0 Å². The van der Waals surface area contributed by atoms with Gasteiger partial charge in [0.25, 0.3) is 0 Å². The Morgan fingerprint density at radius 1 is 1.38 bits per heavy atom. The van der Waals surface area contributed by atoms with Crippen LogP contribution < -0.4 is 0 Å². The zero-order chi connectivity index (χ0) is 15.2. The molecule has 1 fully saturated rings. The van der Waals surface area contributed by atoms with Gasteiger partial charge in [-0.1, -0.05) is 43.0 Å². The molecule has 1 saturated carbocycles. The third-order valence-corrected chi connectivity index (χ3v) is 5.72. The number of carbonyl (C=O) groups excluding carboxylic acids is 1. The van der Waals surface area contributed by atoms with E-state index in [9.17, 15) is 4.79 Å². The van der Waals surface area contributed by atoms with E-state index in [2.05, 4.69) is 29.9 Å². The van der Waals surface area contributed by atoms with Crippen LogP contribution in [0.4, 0.5) is 0 Å². The van der Waals surface area contributed by atoms with Gasteiger partial charge in [-0.15, -0.1) is 11.8 Å². The maximum absolute atomic E-state index is 11.2. The number of hydrogen-bond donors (Lipinski definition) is 0. The molecule has 1 aromatic rings. The molecule has 1 unspecified atom stereocenters. The molecule has 4 heteroatoms. The van der Waals surface area contributed by atoms with Crippen molar-refractivity contribution in [2.75, 3.05) is 12.9 Å². The van der Waals surface area contributed by atoms with Crippen LogP contribution in [0.15, 0.2) is 18.2 Å². The molecule has 1 atom stereocenters. The summed E-state index contributed by atoms with van der Waals surface area (Å²) in [4.78, 5) is 11.2. The number of halogens is 1. The van der Waals surface area contributed by atoms with Gasteiger partial charge >= 0.3 is 5.97 Å². The SMILES string of the molecule is COC(=O)CSC(C)c1ccc(C2CCCCC2)c(Cl)c1. The van der Waals surface area contributed by atoms with Crippen molar-refractivity contribution < 1.29 is 9.53 Å². The Morgan fingerprint density at radius 3 is 2.71 bits per heavy atom. The van der Waals surface area contributed by atoms with E-state index in [1.54, 1.807) is 11.8 Å². The minimum Gasteiger partial charge on any atom is -0.468 e. The number of rotatable bonds is 5. The summed E-state index contributed by atoms with van der Waals surface area (Å²) in [5.41, 5.74) is 2.47. The highest BCUT2D eigenvalue weighted by molar-refractivity contribution is 8.00. The average Bonchev–Trinajstić information content (AvgIpc) is 2.52. The maximum Gasteiger partial charge on any atom is 0.315 e. The highest BCUT2D eigenvalue weighted by Crippen LogP contribution is 2.38. The van der Waals surface area contributed by atoms with Crippen molar-refractivity contribution in [3.05, 3.63) is 34.3 Å². The number of ether oxygens (including phenoxy) is 1. The van der Waals surface area contributed by atoms with Crippen LogP contribution >= 0.6 is 23.4 Å². The lowest BCUT2D eigenvalue weighted by Crippen LogP contribution is -2.06. The predicted octanol–water partition coefficient (Wildman–Crippen LogP) is 5.35. The quantitative estimate of drug-likeness (QED) is 0.682. The first-order chi connectivity index (χ1) is 10.1. The lowest BCUT2D eigenvalue weighted by molar-refractivity contribution is -0.137. The number of methoxy groups -OCH3 is 1. The largest absolute Gasteiger partial charge is 0.468 e. The molecule has 0 heterocycles. The second-order valence-corrected chi connectivity index (χ2v) is 7.38. The first-order valence-electron chi connectivity index (χ1n) is 7.59. The van der Waals surface area contributed by atoms with Crippen molar-refractivity contribution in [1.82, 2.24) is 0 Å². The fourth-order valence-electron chi connectivity index (χ4n) is 2.89. The minimum atomic E-state index is -0.184. The van der Waals surface area contributed by atoms with E-state index in [4.69, 9.17) is 11.6 Å². The van der Waals surface area contributed by atoms with Crippen LogP contribution in [0, 0.1) is 0 Å². The molecule has 0 radical (unpaired) electrons. The Bertz CT molecular complexity index is 484. The molecule has 0 N–H and O–H groups in total. The monoisotopic (exact) mass is 326 g/mol. The van der Waals surface area contributed by atoms with Crippen molar-refractivity contribution >= 4 is 29.3 Å². The fourth-order valence-corrected chi connectivity index (χ4v) is 4.08. The highest BCUT2D eigenvalue weighted by atomic mass is 35.5. The van der Waals surface area contributed by atoms with Gasteiger partial charge in [0.1, 0.15) is 0 Å². The third kappa shape index (κ3) is 4.65. The second kappa shape index (κ2) is 8.09. The molecule has 2 rings (SSSR count). The van der Waals surface area contributed by atoms with Gasteiger partial charge in [0, 0.05) is 10.3 Å². The van der Waals surface area contributed by atoms with E-state index in [1.165, 1.54) is 50.3 Å². The molecule has 1 aromatic carbocycles. The molecule has 2 nitrogen and oxygen atoms in total. The molecule has 0 saturated heterocycles. The Labute approximate surface area is 136 Å². The lowest BCUT2D eigenvalue weighted by atomic mass is 9.84. The van der Waals surface area contributed by atoms with Crippen molar-refractivity contribution in [2.24, 2.45) is 0 Å². The predicted molar refractivity (Wildman–Crippen MR) is 90.2 cm³/mol. The molecule has 0 bridgehead atoms. The van der Waals surface area contributed by atoms with Gasteiger partial charge in [-0.25, -0.2) is 0 Å². The number of esters is 1. The van der Waals surface area contributed by atoms with Crippen molar-refractivity contribution in [1.29, 1.82) is 0 Å². The summed E-state index contributed by atoms with van der Waals surface area (Å²) in [5.74, 6) is 0.815. The average molecular weight is 327 g/mol. The van der Waals surface area contributed by atoms with Gasteiger partial charge in [-0.2, -0.15) is 0 Å². The summed E-state index contributed by atoms with van der Waals surface area (Å²) in [6, 6.07) is 6.41. The van der Waals surface area contributed by atoms with Crippen LogP contribution in [-0.2, 0) is 9.53 Å². The normalized spacial score (nSPS) is 17.5. The van der Waals surface area contributed by atoms with Crippen LogP contribution in [0.25, 0.3) is 0 Å². The number of hydrogen-bond acceptors (Lipinski definition) is 3. The number of carbonyl (C=O) groups is 1. The Morgan fingerprint density at radius 2 is 2.10 bits per heavy atom. The molecular formula is C17H23ClO2S. The lowest BCUT2D eigenvalue weighted by Gasteiger charge is -2.23. The molecule has 0 aromatic heterocycles. The molecule has 0 amide bonds. The van der Waals surface area contributed by atoms with Crippen LogP contribution in [0.3, 0.4) is 0 Å². The maximum atomic E-state index is 11.2. The van der Waals surface area contributed by atoms with Gasteiger partial charge in [-0.05, 0) is 42.9 Å². The smallest absolute Gasteiger partial charge is 0.315 e. The molecule has 0 aliphatic heterocycles. The van der Waals surface area contributed by atoms with Crippen LogP contribution in [-0.4, -0.2) is 18.8 Å². The van der Waals surface area contributed by atoms with Crippen molar-refractivity contribution in [3.8, 4) is 0 Å². The van der Waals surface area contributed by atoms with Crippen LogP contribution in [0.1, 0.15) is 61.3 Å². The fraction of sp³-hybridized carbons (Fsp3) is 0.588. The molecule has 116 valence electrons. The van der Waals surface area contributed by atoms with Crippen LogP contribution in [0.5, 0.6) is 0 Å². The molecular weight excluding hydrogens is 304 g/mol. The second-order valence-electron chi connectivity index (χ2n) is 5.65. The van der Waals surface area contributed by atoms with E-state index in [1.807, 2.05) is 0 Å². The highest BCUT2D eigenvalue weighted by Gasteiger charge is 2.19. The van der Waals surface area contributed by atoms with E-state index < -0.39 is 0 Å². The Hall–Kier alpha value is -0.670. The standard InChI is InChI=1S/C17H23ClO2S/c1-12(21-11-17(19)20-2)14-8-9-15(16(18)10-14)13-6-4-3-5-7-13/h8-10,12-13H,3-7,11H2,1-2H3. The Balaban J connectivity index is 2.02. The first-order valence-corrected chi connectivity index (χ1v) is 9.02. The number of benzene rings is 1. The molecule has 1 aliphatic carbocycles. The van der Waals surface area contributed by atoms with Crippen molar-refractivity contribution in [2.45, 2.75) is 50.2 Å². The minimum absolute atomic E-state index is 0.184. The molecule has 0 spiro atoms. The van der Waals surface area contributed by atoms with E-state index in [0.29, 0.717) is 11.7 Å². The van der Waals surface area contributed by atoms with E-state index in [-0.39, 0.29) is 11.2 Å². The van der Waals surface area contributed by atoms with Gasteiger partial charge in [0.15, 0.2) is 0 Å². The van der Waals surface area contributed by atoms with E-state index in [0.717, 1.165) is 5.02 Å². The summed E-state index contributed by atoms with van der Waals surface area (Å²) in [7, 11) is 1.42. The number of thioether (sulfide) groups is 1. The van der Waals surface area contributed by atoms with Gasteiger partial charge in [0.05, 0.1) is 12.9 Å². The van der Waals surface area contributed by atoms with Gasteiger partial charge in [-0.3, -0.25) is 4.79 Å². The summed E-state index contributed by atoms with van der Waals surface area (Å²) < 4.78 is 4.67. The van der Waals surface area contributed by atoms with Gasteiger partial charge < -0.3 is 4.74 Å². The zero-order valence-electron chi connectivity index (χ0n) is 12.7. The summed E-state index contributed by atoms with van der Waals surface area (Å²) in [5, 5.41) is 1.12. The zero-order valence-corrected chi connectivity index (χ0v) is 14.3. The Kier molecular flexibility index (Phi) is 6.43. The third-order valence-electron chi connectivity index (χ3n) is 4.22. The summed E-state index contributed by atoms with van der Waals surface area (Å²) in [6.07, 6.45) is 6.49. The van der Waals surface area contributed by atoms with Crippen LogP contribution in [0.2, 0.25) is 5.02 Å². The van der Waals surface area contributed by atoms with Gasteiger partial charge in [0.2, 0.25) is 0 Å². The molecule has 1 aliphatic rings. The van der Waals surface area contributed by atoms with E-state index >= 15 is 0 Å². The summed E-state index contributed by atoms with van der Waals surface area (Å²) >= 11 is 8.08. The topological polar surface area (TPSA) is 26.3 Å². The molecule has 21 heavy (non-hydrogen) atoms.